The van der Waals surface area contributed by atoms with Crippen LogP contribution in [-0.2, 0) is 9.53 Å². The first kappa shape index (κ1) is 14.8. The lowest BCUT2D eigenvalue weighted by molar-refractivity contribution is -0.128. The molecular formula is C15H22N2O3. The summed E-state index contributed by atoms with van der Waals surface area (Å²) in [7, 11) is 1.61. The number of nitrogens with one attached hydrogen (secondary N) is 2. The first-order chi connectivity index (χ1) is 9.61. The van der Waals surface area contributed by atoms with E-state index in [-0.39, 0.29) is 18.1 Å². The van der Waals surface area contributed by atoms with Crippen LogP contribution in [0.15, 0.2) is 24.3 Å². The second kappa shape index (κ2) is 6.72. The summed E-state index contributed by atoms with van der Waals surface area (Å²) in [6.07, 6.45) is 2.06. The minimum atomic E-state index is -0.241. The van der Waals surface area contributed by atoms with Crippen molar-refractivity contribution in [3.63, 3.8) is 0 Å². The molecule has 1 aliphatic rings. The zero-order valence-corrected chi connectivity index (χ0v) is 12.1. The van der Waals surface area contributed by atoms with Crippen molar-refractivity contribution in [3.05, 3.63) is 24.3 Å². The van der Waals surface area contributed by atoms with Crippen LogP contribution in [0.25, 0.3) is 0 Å². The lowest BCUT2D eigenvalue weighted by atomic mass is 9.96. The molecule has 1 aromatic rings. The maximum atomic E-state index is 11.9. The Bertz CT molecular complexity index is 439. The molecule has 0 radical (unpaired) electrons. The van der Waals surface area contributed by atoms with E-state index in [1.54, 1.807) is 19.2 Å². The van der Waals surface area contributed by atoms with Gasteiger partial charge in [0.2, 0.25) is 5.91 Å². The van der Waals surface area contributed by atoms with E-state index in [4.69, 9.17) is 9.47 Å². The number of piperidine rings is 1. The van der Waals surface area contributed by atoms with Gasteiger partial charge in [0.05, 0.1) is 12.7 Å². The topological polar surface area (TPSA) is 59.6 Å². The molecule has 0 spiro atoms. The minimum absolute atomic E-state index is 0.0736. The van der Waals surface area contributed by atoms with Gasteiger partial charge in [-0.3, -0.25) is 4.79 Å². The van der Waals surface area contributed by atoms with E-state index < -0.39 is 0 Å². The van der Waals surface area contributed by atoms with Crippen LogP contribution in [0, 0.1) is 0 Å². The molecule has 5 nitrogen and oxygen atoms in total. The molecule has 0 bridgehead atoms. The summed E-state index contributed by atoms with van der Waals surface area (Å²) in [4.78, 5) is 11.9. The maximum absolute atomic E-state index is 11.9. The fourth-order valence-electron chi connectivity index (χ4n) is 2.26. The molecule has 1 atom stereocenters. The molecule has 20 heavy (non-hydrogen) atoms. The molecule has 0 aliphatic carbocycles. The van der Waals surface area contributed by atoms with E-state index in [1.807, 2.05) is 19.1 Å². The van der Waals surface area contributed by atoms with Crippen LogP contribution < -0.4 is 15.4 Å². The van der Waals surface area contributed by atoms with Gasteiger partial charge < -0.3 is 20.1 Å². The second-order valence-corrected chi connectivity index (χ2v) is 5.30. The zero-order chi connectivity index (χ0) is 14.4. The number of anilines is 1. The van der Waals surface area contributed by atoms with E-state index >= 15 is 0 Å². The van der Waals surface area contributed by atoms with E-state index in [9.17, 15) is 4.79 Å². The Balaban J connectivity index is 1.79. The molecule has 1 unspecified atom stereocenters. The highest BCUT2D eigenvalue weighted by Crippen LogP contribution is 2.20. The van der Waals surface area contributed by atoms with Crippen LogP contribution in [0.3, 0.4) is 0 Å². The Morgan fingerprint density at radius 1 is 1.40 bits per heavy atom. The van der Waals surface area contributed by atoms with Gasteiger partial charge in [-0.2, -0.15) is 0 Å². The molecule has 1 aliphatic heterocycles. The average Bonchev–Trinajstić information content (AvgIpc) is 2.47. The predicted octanol–water partition coefficient (Wildman–Crippen LogP) is 1.79. The van der Waals surface area contributed by atoms with E-state index in [0.717, 1.165) is 37.4 Å². The smallest absolute Gasteiger partial charge is 0.250 e. The molecule has 1 aromatic carbocycles. The fraction of sp³-hybridized carbons (Fsp3) is 0.533. The molecule has 2 N–H and O–H groups in total. The summed E-state index contributed by atoms with van der Waals surface area (Å²) >= 11 is 0. The van der Waals surface area contributed by atoms with Crippen molar-refractivity contribution in [2.75, 3.05) is 32.1 Å². The molecule has 1 heterocycles. The van der Waals surface area contributed by atoms with Crippen molar-refractivity contribution in [3.8, 4) is 5.75 Å². The van der Waals surface area contributed by atoms with Crippen LogP contribution >= 0.6 is 0 Å². The minimum Gasteiger partial charge on any atom is -0.497 e. The summed E-state index contributed by atoms with van der Waals surface area (Å²) < 4.78 is 10.8. The Morgan fingerprint density at radius 3 is 2.75 bits per heavy atom. The number of amides is 1. The number of rotatable bonds is 5. The van der Waals surface area contributed by atoms with Crippen molar-refractivity contribution >= 4 is 11.6 Å². The maximum Gasteiger partial charge on any atom is 0.250 e. The Morgan fingerprint density at radius 2 is 2.15 bits per heavy atom. The van der Waals surface area contributed by atoms with Gasteiger partial charge >= 0.3 is 0 Å². The van der Waals surface area contributed by atoms with Gasteiger partial charge in [-0.25, -0.2) is 0 Å². The Hall–Kier alpha value is -1.59. The third kappa shape index (κ3) is 4.21. The van der Waals surface area contributed by atoms with Crippen LogP contribution in [-0.4, -0.2) is 38.3 Å². The Labute approximate surface area is 119 Å². The lowest BCUT2D eigenvalue weighted by Gasteiger charge is -2.33. The highest BCUT2D eigenvalue weighted by molar-refractivity contribution is 5.91. The van der Waals surface area contributed by atoms with Crippen molar-refractivity contribution in [1.29, 1.82) is 0 Å². The van der Waals surface area contributed by atoms with Gasteiger partial charge in [0, 0.05) is 12.2 Å². The van der Waals surface area contributed by atoms with E-state index in [2.05, 4.69) is 10.6 Å². The SMILES string of the molecule is COc1ccc(NC(=O)COC2(C)CCCNC2)cc1. The normalized spacial score (nSPS) is 22.3. The third-order valence-corrected chi connectivity index (χ3v) is 3.48. The van der Waals surface area contributed by atoms with Crippen LogP contribution in [0.4, 0.5) is 5.69 Å². The van der Waals surface area contributed by atoms with Gasteiger partial charge in [0.1, 0.15) is 12.4 Å². The number of methoxy groups -OCH3 is 1. The summed E-state index contributed by atoms with van der Waals surface area (Å²) in [6.45, 7) is 3.93. The monoisotopic (exact) mass is 278 g/mol. The molecular weight excluding hydrogens is 256 g/mol. The number of carbonyl (C=O) groups is 1. The summed E-state index contributed by atoms with van der Waals surface area (Å²) in [5.74, 6) is 0.627. The standard InChI is InChI=1S/C15H22N2O3/c1-15(8-3-9-16-11-15)20-10-14(18)17-12-4-6-13(19-2)7-5-12/h4-7,16H,3,8-11H2,1-2H3,(H,17,18). The average molecular weight is 278 g/mol. The van der Waals surface area contributed by atoms with Gasteiger partial charge in [0.25, 0.3) is 0 Å². The quantitative estimate of drug-likeness (QED) is 0.862. The predicted molar refractivity (Wildman–Crippen MR) is 78.1 cm³/mol. The number of hydrogen-bond donors (Lipinski definition) is 2. The largest absolute Gasteiger partial charge is 0.497 e. The molecule has 0 saturated carbocycles. The van der Waals surface area contributed by atoms with Crippen molar-refractivity contribution < 1.29 is 14.3 Å². The van der Waals surface area contributed by atoms with E-state index in [1.165, 1.54) is 0 Å². The first-order valence-corrected chi connectivity index (χ1v) is 6.90. The van der Waals surface area contributed by atoms with Crippen LogP contribution in [0.1, 0.15) is 19.8 Å². The van der Waals surface area contributed by atoms with Gasteiger partial charge in [-0.1, -0.05) is 0 Å². The van der Waals surface area contributed by atoms with Crippen LogP contribution in [0.5, 0.6) is 5.75 Å². The Kier molecular flexibility index (Phi) is 4.98. The summed E-state index contributed by atoms with van der Waals surface area (Å²) in [5.41, 5.74) is 0.501. The van der Waals surface area contributed by atoms with Gasteiger partial charge in [-0.05, 0) is 50.6 Å². The number of carbonyl (C=O) groups excluding carboxylic acids is 1. The number of hydrogen-bond acceptors (Lipinski definition) is 4. The van der Waals surface area contributed by atoms with Crippen molar-refractivity contribution in [2.45, 2.75) is 25.4 Å². The van der Waals surface area contributed by atoms with Gasteiger partial charge in [-0.15, -0.1) is 0 Å². The van der Waals surface area contributed by atoms with Crippen molar-refractivity contribution in [2.24, 2.45) is 0 Å². The third-order valence-electron chi connectivity index (χ3n) is 3.48. The molecule has 0 aromatic heterocycles. The number of benzene rings is 1. The molecule has 1 saturated heterocycles. The zero-order valence-electron chi connectivity index (χ0n) is 12.1. The summed E-state index contributed by atoms with van der Waals surface area (Å²) in [6, 6.07) is 7.23. The fourth-order valence-corrected chi connectivity index (χ4v) is 2.26. The molecule has 2 rings (SSSR count). The second-order valence-electron chi connectivity index (χ2n) is 5.30. The molecule has 1 amide bonds. The molecule has 110 valence electrons. The van der Waals surface area contributed by atoms with Gasteiger partial charge in [0.15, 0.2) is 0 Å². The van der Waals surface area contributed by atoms with E-state index in [0.29, 0.717) is 0 Å². The number of ether oxygens (including phenoxy) is 2. The molecule has 1 fully saturated rings. The molecule has 5 heteroatoms. The van der Waals surface area contributed by atoms with Crippen LogP contribution in [0.2, 0.25) is 0 Å². The van der Waals surface area contributed by atoms with Crippen molar-refractivity contribution in [1.82, 2.24) is 5.32 Å². The lowest BCUT2D eigenvalue weighted by Crippen LogP contribution is -2.46. The highest BCUT2D eigenvalue weighted by atomic mass is 16.5. The summed E-state index contributed by atoms with van der Waals surface area (Å²) in [5, 5.41) is 6.10. The highest BCUT2D eigenvalue weighted by Gasteiger charge is 2.28. The first-order valence-electron chi connectivity index (χ1n) is 6.90.